The second-order valence-electron chi connectivity index (χ2n) is 7.30. The molecule has 122 valence electrons. The summed E-state index contributed by atoms with van der Waals surface area (Å²) in [5.41, 5.74) is 2.05. The molecule has 2 N–H and O–H groups in total. The largest absolute Gasteiger partial charge is 0.481 e. The van der Waals surface area contributed by atoms with Crippen LogP contribution >= 0.6 is 0 Å². The van der Waals surface area contributed by atoms with Crippen molar-refractivity contribution in [2.24, 2.45) is 17.3 Å². The van der Waals surface area contributed by atoms with E-state index in [4.69, 9.17) is 9.52 Å². The minimum absolute atomic E-state index is 0.0791. The Balaban J connectivity index is 1.73. The summed E-state index contributed by atoms with van der Waals surface area (Å²) < 4.78 is 5.71. The van der Waals surface area contributed by atoms with Crippen LogP contribution in [0.1, 0.15) is 33.1 Å². The summed E-state index contributed by atoms with van der Waals surface area (Å²) in [7, 11) is 0. The Morgan fingerprint density at radius 1 is 1.35 bits per heavy atom. The van der Waals surface area contributed by atoms with Crippen LogP contribution < -0.4 is 5.32 Å². The summed E-state index contributed by atoms with van der Waals surface area (Å²) in [5.74, 6) is -1.48. The lowest BCUT2D eigenvalue weighted by molar-refractivity contribution is -0.139. The summed E-state index contributed by atoms with van der Waals surface area (Å²) in [5, 5.41) is 11.6. The number of carboxylic acid groups (broad SMARTS) is 1. The first kappa shape index (κ1) is 15.5. The lowest BCUT2D eigenvalue weighted by Gasteiger charge is -2.14. The van der Waals surface area contributed by atoms with Gasteiger partial charge in [-0.25, -0.2) is 4.98 Å². The third-order valence-corrected chi connectivity index (χ3v) is 3.83. The molecule has 23 heavy (non-hydrogen) atoms. The van der Waals surface area contributed by atoms with Gasteiger partial charge in [0.05, 0.1) is 11.8 Å². The van der Waals surface area contributed by atoms with Crippen LogP contribution in [0.3, 0.4) is 0 Å². The lowest BCUT2D eigenvalue weighted by atomic mass is 9.92. The number of nitrogens with zero attached hydrogens (tertiary/aromatic N) is 1. The molecule has 1 aromatic carbocycles. The van der Waals surface area contributed by atoms with Gasteiger partial charge < -0.3 is 14.8 Å². The molecule has 1 aliphatic carbocycles. The average molecular weight is 316 g/mol. The number of fused-ring (bicyclic) bond motifs is 1. The molecule has 0 radical (unpaired) electrons. The minimum Gasteiger partial charge on any atom is -0.481 e. The Morgan fingerprint density at radius 3 is 2.70 bits per heavy atom. The van der Waals surface area contributed by atoms with Crippen molar-refractivity contribution < 1.29 is 19.1 Å². The number of amides is 1. The third kappa shape index (κ3) is 3.52. The van der Waals surface area contributed by atoms with Gasteiger partial charge in [0, 0.05) is 12.1 Å². The quantitative estimate of drug-likeness (QED) is 0.904. The molecule has 0 spiro atoms. The van der Waals surface area contributed by atoms with Crippen molar-refractivity contribution in [1.82, 2.24) is 4.98 Å². The van der Waals surface area contributed by atoms with Gasteiger partial charge in [0.1, 0.15) is 5.52 Å². The molecule has 1 aromatic heterocycles. The maximum atomic E-state index is 12.0. The molecule has 2 atom stereocenters. The van der Waals surface area contributed by atoms with Crippen LogP contribution in [0.4, 0.5) is 5.69 Å². The van der Waals surface area contributed by atoms with Crippen molar-refractivity contribution in [2.45, 2.75) is 33.6 Å². The molecule has 1 amide bonds. The van der Waals surface area contributed by atoms with Gasteiger partial charge in [0.15, 0.2) is 11.5 Å². The Labute approximate surface area is 133 Å². The number of hydrogen-bond acceptors (Lipinski definition) is 4. The predicted octanol–water partition coefficient (Wildman–Crippen LogP) is 3.08. The van der Waals surface area contributed by atoms with Gasteiger partial charge in [-0.15, -0.1) is 0 Å². The fourth-order valence-corrected chi connectivity index (χ4v) is 2.57. The van der Waals surface area contributed by atoms with Crippen LogP contribution in [-0.2, 0) is 16.0 Å². The zero-order valence-corrected chi connectivity index (χ0v) is 13.4. The smallest absolute Gasteiger partial charge is 0.307 e. The second kappa shape index (κ2) is 5.37. The average Bonchev–Trinajstić information content (AvgIpc) is 3.13. The Bertz CT molecular complexity index is 772. The first-order valence-electron chi connectivity index (χ1n) is 7.66. The molecule has 1 aliphatic rings. The fourth-order valence-electron chi connectivity index (χ4n) is 2.57. The van der Waals surface area contributed by atoms with Crippen LogP contribution in [0.2, 0.25) is 0 Å². The zero-order chi connectivity index (χ0) is 16.8. The van der Waals surface area contributed by atoms with E-state index in [0.29, 0.717) is 29.1 Å². The van der Waals surface area contributed by atoms with Gasteiger partial charge in [-0.3, -0.25) is 9.59 Å². The first-order valence-corrected chi connectivity index (χ1v) is 7.66. The van der Waals surface area contributed by atoms with Crippen LogP contribution in [0.15, 0.2) is 22.6 Å². The van der Waals surface area contributed by atoms with E-state index in [1.165, 1.54) is 0 Å². The molecule has 0 bridgehead atoms. The van der Waals surface area contributed by atoms with Gasteiger partial charge in [-0.1, -0.05) is 20.8 Å². The van der Waals surface area contributed by atoms with Crippen LogP contribution in [-0.4, -0.2) is 22.0 Å². The summed E-state index contributed by atoms with van der Waals surface area (Å²) in [6.45, 7) is 6.34. The number of nitrogens with one attached hydrogen (secondary N) is 1. The Kier molecular flexibility index (Phi) is 3.62. The first-order chi connectivity index (χ1) is 10.7. The van der Waals surface area contributed by atoms with E-state index in [-0.39, 0.29) is 11.3 Å². The monoisotopic (exact) mass is 316 g/mol. The summed E-state index contributed by atoms with van der Waals surface area (Å²) in [4.78, 5) is 27.3. The SMILES string of the molecule is CC(C)(C)Cc1nc2cc(NC(=O)C3CC3C(=O)O)ccc2o1. The van der Waals surface area contributed by atoms with Crippen LogP contribution in [0.25, 0.3) is 11.1 Å². The predicted molar refractivity (Wildman–Crippen MR) is 85.0 cm³/mol. The third-order valence-electron chi connectivity index (χ3n) is 3.83. The van der Waals surface area contributed by atoms with E-state index < -0.39 is 17.8 Å². The molecule has 3 rings (SSSR count). The van der Waals surface area contributed by atoms with Gasteiger partial charge >= 0.3 is 5.97 Å². The van der Waals surface area contributed by atoms with E-state index in [9.17, 15) is 9.59 Å². The number of anilines is 1. The number of benzene rings is 1. The van der Waals surface area contributed by atoms with Gasteiger partial charge in [-0.05, 0) is 30.0 Å². The Morgan fingerprint density at radius 2 is 2.09 bits per heavy atom. The number of carbonyl (C=O) groups excluding carboxylic acids is 1. The lowest BCUT2D eigenvalue weighted by Crippen LogP contribution is -2.16. The maximum absolute atomic E-state index is 12.0. The molecule has 2 unspecified atom stereocenters. The molecule has 1 heterocycles. The van der Waals surface area contributed by atoms with E-state index in [1.807, 2.05) is 0 Å². The van der Waals surface area contributed by atoms with E-state index in [0.717, 1.165) is 6.42 Å². The van der Waals surface area contributed by atoms with E-state index in [2.05, 4.69) is 31.1 Å². The number of aliphatic carboxylic acids is 1. The zero-order valence-electron chi connectivity index (χ0n) is 13.4. The Hall–Kier alpha value is -2.37. The molecule has 1 fully saturated rings. The standard InChI is InChI=1S/C17H20N2O4/c1-17(2,3)8-14-19-12-6-9(4-5-13(12)23-14)18-15(20)10-7-11(10)16(21)22/h4-6,10-11H,7-8H2,1-3H3,(H,18,20)(H,21,22). The fraction of sp³-hybridized carbons (Fsp3) is 0.471. The topological polar surface area (TPSA) is 92.4 Å². The summed E-state index contributed by atoms with van der Waals surface area (Å²) in [6.07, 6.45) is 1.13. The number of hydrogen-bond donors (Lipinski definition) is 2. The van der Waals surface area contributed by atoms with E-state index in [1.54, 1.807) is 18.2 Å². The van der Waals surface area contributed by atoms with Crippen molar-refractivity contribution in [1.29, 1.82) is 0 Å². The molecule has 0 aliphatic heterocycles. The molecule has 0 saturated heterocycles. The van der Waals surface area contributed by atoms with Crippen molar-refractivity contribution >= 4 is 28.7 Å². The highest BCUT2D eigenvalue weighted by Gasteiger charge is 2.48. The summed E-state index contributed by atoms with van der Waals surface area (Å²) >= 11 is 0. The van der Waals surface area contributed by atoms with Crippen molar-refractivity contribution in [3.05, 3.63) is 24.1 Å². The van der Waals surface area contributed by atoms with E-state index >= 15 is 0 Å². The maximum Gasteiger partial charge on any atom is 0.307 e. The molecule has 2 aromatic rings. The van der Waals surface area contributed by atoms with Gasteiger partial charge in [0.25, 0.3) is 0 Å². The number of oxazole rings is 1. The highest BCUT2D eigenvalue weighted by atomic mass is 16.4. The van der Waals surface area contributed by atoms with Gasteiger partial charge in [0.2, 0.25) is 5.91 Å². The number of rotatable bonds is 4. The highest BCUT2D eigenvalue weighted by Crippen LogP contribution is 2.39. The van der Waals surface area contributed by atoms with Gasteiger partial charge in [-0.2, -0.15) is 0 Å². The number of carbonyl (C=O) groups is 2. The highest BCUT2D eigenvalue weighted by molar-refractivity contribution is 5.99. The van der Waals surface area contributed by atoms with Crippen molar-refractivity contribution in [3.63, 3.8) is 0 Å². The summed E-state index contributed by atoms with van der Waals surface area (Å²) in [6, 6.07) is 5.26. The molecular weight excluding hydrogens is 296 g/mol. The van der Waals surface area contributed by atoms with Crippen molar-refractivity contribution in [2.75, 3.05) is 5.32 Å². The van der Waals surface area contributed by atoms with Crippen LogP contribution in [0.5, 0.6) is 0 Å². The molecule has 6 heteroatoms. The molecular formula is C17H20N2O4. The number of carboxylic acids is 1. The van der Waals surface area contributed by atoms with Crippen molar-refractivity contribution in [3.8, 4) is 0 Å². The minimum atomic E-state index is -0.913. The number of aromatic nitrogens is 1. The normalized spacial score (nSPS) is 20.5. The molecule has 1 saturated carbocycles. The molecule has 6 nitrogen and oxygen atoms in total. The second-order valence-corrected chi connectivity index (χ2v) is 7.30. The van der Waals surface area contributed by atoms with Crippen LogP contribution in [0, 0.1) is 17.3 Å².